The number of methoxy groups -OCH3 is 2. The van der Waals surface area contributed by atoms with Crippen LogP contribution in [0.25, 0.3) is 0 Å². The van der Waals surface area contributed by atoms with E-state index < -0.39 is 0 Å². The molecule has 7 heteroatoms. The summed E-state index contributed by atoms with van der Waals surface area (Å²) in [6.45, 7) is 2.88. The van der Waals surface area contributed by atoms with Crippen molar-refractivity contribution in [3.05, 3.63) is 0 Å². The summed E-state index contributed by atoms with van der Waals surface area (Å²) in [5.74, 6) is 0.586. The summed E-state index contributed by atoms with van der Waals surface area (Å²) in [5, 5.41) is 9.11. The minimum atomic E-state index is -0.0715. The van der Waals surface area contributed by atoms with Crippen molar-refractivity contribution >= 4 is 11.9 Å². The summed E-state index contributed by atoms with van der Waals surface area (Å²) < 4.78 is 10.1. The van der Waals surface area contributed by atoms with E-state index >= 15 is 0 Å². The molecule has 1 amide bonds. The van der Waals surface area contributed by atoms with E-state index in [1.54, 1.807) is 21.3 Å². The first-order valence-electron chi connectivity index (χ1n) is 7.85. The first-order chi connectivity index (χ1) is 10.7. The standard InChI is InChI=1S/C15H30N4O3/c1-16-14(18-11-13(20)17-8-10-22-3)19-12-15(5-4-6-15)7-9-21-2/h4-12H2,1-3H3,(H,17,20)(H2,16,18,19). The van der Waals surface area contributed by atoms with Crippen LogP contribution >= 0.6 is 0 Å². The van der Waals surface area contributed by atoms with Crippen LogP contribution < -0.4 is 16.0 Å². The van der Waals surface area contributed by atoms with Gasteiger partial charge >= 0.3 is 0 Å². The van der Waals surface area contributed by atoms with Crippen LogP contribution in [0.4, 0.5) is 0 Å². The molecule has 1 aliphatic rings. The van der Waals surface area contributed by atoms with Gasteiger partial charge in [-0.25, -0.2) is 0 Å². The van der Waals surface area contributed by atoms with Gasteiger partial charge in [-0.05, 0) is 24.7 Å². The topological polar surface area (TPSA) is 84.0 Å². The van der Waals surface area contributed by atoms with Gasteiger partial charge in [0.2, 0.25) is 5.91 Å². The second-order valence-corrected chi connectivity index (χ2v) is 5.72. The molecule has 0 aromatic carbocycles. The molecule has 0 unspecified atom stereocenters. The van der Waals surface area contributed by atoms with Crippen LogP contribution in [0, 0.1) is 5.41 Å². The second-order valence-electron chi connectivity index (χ2n) is 5.72. The van der Waals surface area contributed by atoms with Crippen molar-refractivity contribution in [1.82, 2.24) is 16.0 Å². The maximum atomic E-state index is 11.6. The zero-order valence-electron chi connectivity index (χ0n) is 14.0. The van der Waals surface area contributed by atoms with Gasteiger partial charge in [-0.2, -0.15) is 0 Å². The zero-order chi connectivity index (χ0) is 16.3. The Labute approximate surface area is 133 Å². The molecule has 3 N–H and O–H groups in total. The highest BCUT2D eigenvalue weighted by Crippen LogP contribution is 2.43. The van der Waals surface area contributed by atoms with Crippen LogP contribution in [-0.4, -0.2) is 66.0 Å². The van der Waals surface area contributed by atoms with Crippen LogP contribution in [0.5, 0.6) is 0 Å². The number of rotatable bonds is 10. The zero-order valence-corrected chi connectivity index (χ0v) is 14.0. The predicted molar refractivity (Wildman–Crippen MR) is 87.0 cm³/mol. The lowest BCUT2D eigenvalue weighted by atomic mass is 9.67. The highest BCUT2D eigenvalue weighted by molar-refractivity contribution is 5.86. The van der Waals surface area contributed by atoms with Gasteiger partial charge in [-0.1, -0.05) is 6.42 Å². The minimum Gasteiger partial charge on any atom is -0.385 e. The molecule has 0 bridgehead atoms. The first-order valence-corrected chi connectivity index (χ1v) is 7.85. The Morgan fingerprint density at radius 1 is 1.14 bits per heavy atom. The second kappa shape index (κ2) is 10.4. The molecule has 7 nitrogen and oxygen atoms in total. The van der Waals surface area contributed by atoms with Crippen molar-refractivity contribution in [3.63, 3.8) is 0 Å². The maximum absolute atomic E-state index is 11.6. The number of carbonyl (C=O) groups is 1. The molecule has 1 saturated carbocycles. The highest BCUT2D eigenvalue weighted by Gasteiger charge is 2.36. The van der Waals surface area contributed by atoms with Crippen LogP contribution in [0.1, 0.15) is 25.7 Å². The molecule has 0 saturated heterocycles. The molecule has 128 valence electrons. The fraction of sp³-hybridized carbons (Fsp3) is 0.867. The number of hydrogen-bond acceptors (Lipinski definition) is 4. The molecule has 0 aliphatic heterocycles. The smallest absolute Gasteiger partial charge is 0.239 e. The fourth-order valence-electron chi connectivity index (χ4n) is 2.52. The van der Waals surface area contributed by atoms with E-state index in [1.807, 2.05) is 0 Å². The summed E-state index contributed by atoms with van der Waals surface area (Å²) in [7, 11) is 5.05. The molecule has 1 aliphatic carbocycles. The van der Waals surface area contributed by atoms with E-state index in [9.17, 15) is 4.79 Å². The Hall–Kier alpha value is -1.34. The Balaban J connectivity index is 2.25. The van der Waals surface area contributed by atoms with E-state index in [4.69, 9.17) is 9.47 Å². The van der Waals surface area contributed by atoms with Gasteiger partial charge in [0.1, 0.15) is 0 Å². The molecule has 0 radical (unpaired) electrons. The van der Waals surface area contributed by atoms with Gasteiger partial charge in [0.05, 0.1) is 13.2 Å². The Bertz CT molecular complexity index is 357. The third-order valence-electron chi connectivity index (χ3n) is 4.15. The van der Waals surface area contributed by atoms with E-state index in [1.165, 1.54) is 19.3 Å². The van der Waals surface area contributed by atoms with E-state index in [0.29, 0.717) is 24.5 Å². The lowest BCUT2D eigenvalue weighted by Crippen LogP contribution is -2.49. The van der Waals surface area contributed by atoms with Gasteiger partial charge in [-0.15, -0.1) is 0 Å². The summed E-state index contributed by atoms with van der Waals surface area (Å²) in [6.07, 6.45) is 4.78. The molecule has 0 aromatic heterocycles. The van der Waals surface area contributed by atoms with Gasteiger partial charge in [0.15, 0.2) is 5.96 Å². The summed E-state index contributed by atoms with van der Waals surface area (Å²) >= 11 is 0. The van der Waals surface area contributed by atoms with E-state index in [-0.39, 0.29) is 12.5 Å². The minimum absolute atomic E-state index is 0.0715. The van der Waals surface area contributed by atoms with Crippen LogP contribution in [0.2, 0.25) is 0 Å². The Morgan fingerprint density at radius 2 is 1.86 bits per heavy atom. The molecule has 0 atom stereocenters. The molecule has 1 fully saturated rings. The van der Waals surface area contributed by atoms with E-state index in [2.05, 4.69) is 20.9 Å². The first kappa shape index (κ1) is 18.7. The van der Waals surface area contributed by atoms with Crippen molar-refractivity contribution in [2.45, 2.75) is 25.7 Å². The Kier molecular flexibility index (Phi) is 8.84. The summed E-state index contributed by atoms with van der Waals surface area (Å²) in [4.78, 5) is 15.8. The van der Waals surface area contributed by atoms with Crippen LogP contribution in [0.3, 0.4) is 0 Å². The fourth-order valence-corrected chi connectivity index (χ4v) is 2.52. The molecule has 1 rings (SSSR count). The largest absolute Gasteiger partial charge is 0.385 e. The van der Waals surface area contributed by atoms with Gasteiger partial charge in [-0.3, -0.25) is 9.79 Å². The number of nitrogens with zero attached hydrogens (tertiary/aromatic N) is 1. The van der Waals surface area contributed by atoms with Gasteiger partial charge in [0, 0.05) is 41.0 Å². The lowest BCUT2D eigenvalue weighted by molar-refractivity contribution is -0.120. The number of hydrogen-bond donors (Lipinski definition) is 3. The number of amides is 1. The highest BCUT2D eigenvalue weighted by atomic mass is 16.5. The molecule has 0 aromatic rings. The van der Waals surface area contributed by atoms with E-state index in [0.717, 1.165) is 19.6 Å². The number of guanidine groups is 1. The van der Waals surface area contributed by atoms with Gasteiger partial charge in [0.25, 0.3) is 0 Å². The SMILES string of the molecule is CN=C(NCC(=O)NCCOC)NCC1(CCOC)CCC1. The quantitative estimate of drug-likeness (QED) is 0.303. The monoisotopic (exact) mass is 314 g/mol. The third kappa shape index (κ3) is 6.62. The van der Waals surface area contributed by atoms with Crippen molar-refractivity contribution in [1.29, 1.82) is 0 Å². The average Bonchev–Trinajstić information content (AvgIpc) is 2.49. The van der Waals surface area contributed by atoms with Gasteiger partial charge < -0.3 is 25.4 Å². The molecule has 22 heavy (non-hydrogen) atoms. The van der Waals surface area contributed by atoms with Crippen molar-refractivity contribution < 1.29 is 14.3 Å². The summed E-state index contributed by atoms with van der Waals surface area (Å²) in [5.41, 5.74) is 0.314. The maximum Gasteiger partial charge on any atom is 0.239 e. The molecular weight excluding hydrogens is 284 g/mol. The number of carbonyl (C=O) groups excluding carboxylic acids is 1. The lowest BCUT2D eigenvalue weighted by Gasteiger charge is -2.42. The normalized spacial score (nSPS) is 16.8. The summed E-state index contributed by atoms with van der Waals surface area (Å²) in [6, 6.07) is 0. The molecule has 0 heterocycles. The average molecular weight is 314 g/mol. The van der Waals surface area contributed by atoms with Crippen LogP contribution in [0.15, 0.2) is 4.99 Å². The number of ether oxygens (including phenoxy) is 2. The Morgan fingerprint density at radius 3 is 2.41 bits per heavy atom. The van der Waals surface area contributed by atoms with Crippen LogP contribution in [-0.2, 0) is 14.3 Å². The number of nitrogens with one attached hydrogen (secondary N) is 3. The number of aliphatic imine (C=N–C) groups is 1. The third-order valence-corrected chi connectivity index (χ3v) is 4.15. The molecular formula is C15H30N4O3. The van der Waals surface area contributed by atoms with Crippen molar-refractivity contribution in [3.8, 4) is 0 Å². The van der Waals surface area contributed by atoms with Crippen molar-refractivity contribution in [2.24, 2.45) is 10.4 Å². The molecule has 0 spiro atoms. The van der Waals surface area contributed by atoms with Crippen molar-refractivity contribution in [2.75, 3.05) is 54.1 Å². The predicted octanol–water partition coefficient (Wildman–Crippen LogP) is 0.121.